The first-order valence-electron chi connectivity index (χ1n) is 19.3. The van der Waals surface area contributed by atoms with E-state index in [1.165, 1.54) is 19.3 Å². The van der Waals surface area contributed by atoms with Crippen LogP contribution in [-0.4, -0.2) is 53.5 Å². The van der Waals surface area contributed by atoms with Gasteiger partial charge in [-0.25, -0.2) is 19.4 Å². The predicted octanol–water partition coefficient (Wildman–Crippen LogP) is 9.87. The van der Waals surface area contributed by atoms with Gasteiger partial charge in [-0.15, -0.1) is 0 Å². The number of hydrogen-bond donors (Lipinski definition) is 4. The van der Waals surface area contributed by atoms with Crippen molar-refractivity contribution in [2.45, 2.75) is 156 Å². The molecule has 0 spiro atoms. The Morgan fingerprint density at radius 2 is 0.944 bits per heavy atom. The summed E-state index contributed by atoms with van der Waals surface area (Å²) in [5.74, 6) is -0.0724. The average molecular weight is 752 g/mol. The minimum absolute atomic E-state index is 0.0382. The second-order valence-electron chi connectivity index (χ2n) is 16.5. The van der Waals surface area contributed by atoms with E-state index in [1.807, 2.05) is 57.2 Å². The van der Waals surface area contributed by atoms with Crippen LogP contribution in [0.3, 0.4) is 0 Å². The molecule has 12 nitrogen and oxygen atoms in total. The Kier molecular flexibility index (Phi) is 19.0. The van der Waals surface area contributed by atoms with Gasteiger partial charge in [-0.2, -0.15) is 0 Å². The fourth-order valence-electron chi connectivity index (χ4n) is 5.17. The number of benzene rings is 2. The van der Waals surface area contributed by atoms with E-state index >= 15 is 0 Å². The van der Waals surface area contributed by atoms with Gasteiger partial charge in [0.05, 0.1) is 5.69 Å². The number of rotatable bonds is 17. The van der Waals surface area contributed by atoms with E-state index < -0.39 is 29.0 Å². The quantitative estimate of drug-likeness (QED) is 0.0542. The Labute approximate surface area is 323 Å². The standard InChI is InChI=1S/C42H65N5O7/c1-40(2,3)52-37(49)43-30-18-16-14-12-10-11-13-15-17-19-35(48)44-33-26-22-31(23-27-33)20-21-32-24-28-34(29-25-32)45-36(46-38(50)53-41(4,5)6)47-39(51)54-42(7,8)9/h22-29H,10-21,30H2,1-9H3,(H,43,49)(H,44,48)(H2,45,46,47,50,51). The van der Waals surface area contributed by atoms with Crippen LogP contribution in [0.5, 0.6) is 0 Å². The molecular formula is C42H65N5O7. The summed E-state index contributed by atoms with van der Waals surface area (Å²) in [6.07, 6.45) is 10.1. The lowest BCUT2D eigenvalue weighted by Gasteiger charge is -2.22. The number of hydrogen-bond acceptors (Lipinski definition) is 8. The van der Waals surface area contributed by atoms with Crippen molar-refractivity contribution in [1.29, 1.82) is 0 Å². The molecule has 4 amide bonds. The number of anilines is 1. The highest BCUT2D eigenvalue weighted by Crippen LogP contribution is 2.18. The average Bonchev–Trinajstić information content (AvgIpc) is 3.03. The second-order valence-corrected chi connectivity index (χ2v) is 16.5. The lowest BCUT2D eigenvalue weighted by Crippen LogP contribution is -2.47. The third-order valence-corrected chi connectivity index (χ3v) is 7.60. The van der Waals surface area contributed by atoms with Crippen LogP contribution in [0.25, 0.3) is 0 Å². The molecule has 0 unspecified atom stereocenters. The van der Waals surface area contributed by atoms with Crippen LogP contribution < -0.4 is 21.3 Å². The largest absolute Gasteiger partial charge is 0.444 e. The van der Waals surface area contributed by atoms with Crippen molar-refractivity contribution in [3.8, 4) is 0 Å². The van der Waals surface area contributed by atoms with E-state index in [2.05, 4.69) is 26.3 Å². The zero-order chi connectivity index (χ0) is 40.2. The number of carbonyl (C=O) groups excluding carboxylic acids is 4. The van der Waals surface area contributed by atoms with E-state index in [0.717, 1.165) is 68.2 Å². The van der Waals surface area contributed by atoms with Crippen molar-refractivity contribution in [3.05, 3.63) is 59.7 Å². The Balaban J connectivity index is 1.68. The summed E-state index contributed by atoms with van der Waals surface area (Å²) in [4.78, 5) is 53.3. The molecule has 0 fully saturated rings. The summed E-state index contributed by atoms with van der Waals surface area (Å²) in [7, 11) is 0. The third kappa shape index (κ3) is 23.1. The monoisotopic (exact) mass is 751 g/mol. The van der Waals surface area contributed by atoms with Crippen LogP contribution in [0.4, 0.5) is 25.8 Å². The van der Waals surface area contributed by atoms with Gasteiger partial charge in [0.25, 0.3) is 0 Å². The van der Waals surface area contributed by atoms with Crippen molar-refractivity contribution in [2.75, 3.05) is 11.9 Å². The SMILES string of the molecule is CC(C)(C)OC(=O)NCCCCCCCCCCCC(=O)Nc1ccc(CCc2ccc(N=C(NC(=O)OC(C)(C)C)NC(=O)OC(C)(C)C)cc2)cc1. The number of alkyl carbamates (subject to hydrolysis) is 3. The first kappa shape index (κ1) is 45.5. The molecule has 12 heteroatoms. The van der Waals surface area contributed by atoms with Gasteiger partial charge in [-0.05, 0) is 123 Å². The lowest BCUT2D eigenvalue weighted by molar-refractivity contribution is -0.116. The van der Waals surface area contributed by atoms with Crippen molar-refractivity contribution in [1.82, 2.24) is 16.0 Å². The second kappa shape index (κ2) is 22.6. The van der Waals surface area contributed by atoms with E-state index in [-0.39, 0.29) is 18.0 Å². The van der Waals surface area contributed by atoms with E-state index in [9.17, 15) is 19.2 Å². The fourth-order valence-corrected chi connectivity index (χ4v) is 5.17. The van der Waals surface area contributed by atoms with Crippen LogP contribution in [-0.2, 0) is 31.8 Å². The van der Waals surface area contributed by atoms with Crippen LogP contribution >= 0.6 is 0 Å². The van der Waals surface area contributed by atoms with E-state index in [4.69, 9.17) is 14.2 Å². The molecule has 2 rings (SSSR count). The summed E-state index contributed by atoms with van der Waals surface area (Å²) in [6, 6.07) is 15.4. The Morgan fingerprint density at radius 3 is 1.41 bits per heavy atom. The predicted molar refractivity (Wildman–Crippen MR) is 215 cm³/mol. The highest BCUT2D eigenvalue weighted by molar-refractivity contribution is 6.02. The number of guanidine groups is 1. The van der Waals surface area contributed by atoms with Gasteiger partial charge >= 0.3 is 18.3 Å². The zero-order valence-corrected chi connectivity index (χ0v) is 34.1. The molecule has 0 atom stereocenters. The van der Waals surface area contributed by atoms with Crippen molar-refractivity contribution >= 4 is 41.5 Å². The summed E-state index contributed by atoms with van der Waals surface area (Å²) < 4.78 is 15.9. The Bertz CT molecular complexity index is 1450. The third-order valence-electron chi connectivity index (χ3n) is 7.60. The maximum absolute atomic E-state index is 12.5. The number of carbonyl (C=O) groups is 4. The molecule has 0 aliphatic heterocycles. The van der Waals surface area contributed by atoms with Crippen LogP contribution in [0, 0.1) is 0 Å². The zero-order valence-electron chi connectivity index (χ0n) is 34.1. The van der Waals surface area contributed by atoms with Crippen LogP contribution in [0.15, 0.2) is 53.5 Å². The maximum atomic E-state index is 12.5. The van der Waals surface area contributed by atoms with Gasteiger partial charge in [0.1, 0.15) is 16.8 Å². The molecular weight excluding hydrogens is 686 g/mol. The van der Waals surface area contributed by atoms with Crippen molar-refractivity contribution < 1.29 is 33.4 Å². The maximum Gasteiger partial charge on any atom is 0.414 e. The molecule has 2 aromatic carbocycles. The van der Waals surface area contributed by atoms with Crippen molar-refractivity contribution in [2.24, 2.45) is 4.99 Å². The molecule has 2 aromatic rings. The number of unbranched alkanes of at least 4 members (excludes halogenated alkanes) is 8. The van der Waals surface area contributed by atoms with Gasteiger partial charge in [0.15, 0.2) is 0 Å². The summed E-state index contributed by atoms with van der Waals surface area (Å²) >= 11 is 0. The number of aliphatic imine (C=N–C) groups is 1. The highest BCUT2D eigenvalue weighted by Gasteiger charge is 2.21. The molecule has 300 valence electrons. The Morgan fingerprint density at radius 1 is 0.537 bits per heavy atom. The number of nitrogens with zero attached hydrogens (tertiary/aromatic N) is 1. The molecule has 0 aromatic heterocycles. The van der Waals surface area contributed by atoms with E-state index in [1.54, 1.807) is 53.7 Å². The van der Waals surface area contributed by atoms with Gasteiger partial charge in [-0.3, -0.25) is 15.4 Å². The summed E-state index contributed by atoms with van der Waals surface area (Å²) in [5.41, 5.74) is 1.64. The topological polar surface area (TPSA) is 156 Å². The van der Waals surface area contributed by atoms with Gasteiger partial charge in [0.2, 0.25) is 11.9 Å². The first-order valence-corrected chi connectivity index (χ1v) is 19.3. The molecule has 0 radical (unpaired) electrons. The van der Waals surface area contributed by atoms with Gasteiger partial charge in [0, 0.05) is 18.7 Å². The Hall–Kier alpha value is -4.61. The minimum atomic E-state index is -0.756. The molecule has 0 aliphatic carbocycles. The smallest absolute Gasteiger partial charge is 0.414 e. The van der Waals surface area contributed by atoms with Gasteiger partial charge in [-0.1, -0.05) is 69.2 Å². The highest BCUT2D eigenvalue weighted by atomic mass is 16.6. The molecule has 0 saturated carbocycles. The number of aryl methyl sites for hydroxylation is 2. The fraction of sp³-hybridized carbons (Fsp3) is 0.595. The number of ether oxygens (including phenoxy) is 3. The number of nitrogens with one attached hydrogen (secondary N) is 4. The molecule has 0 bridgehead atoms. The minimum Gasteiger partial charge on any atom is -0.444 e. The first-order chi connectivity index (χ1) is 25.3. The van der Waals surface area contributed by atoms with Crippen LogP contribution in [0.1, 0.15) is 138 Å². The van der Waals surface area contributed by atoms with Crippen molar-refractivity contribution in [3.63, 3.8) is 0 Å². The molecule has 0 aliphatic rings. The molecule has 4 N–H and O–H groups in total. The van der Waals surface area contributed by atoms with E-state index in [0.29, 0.717) is 18.7 Å². The molecule has 0 heterocycles. The molecule has 0 saturated heterocycles. The number of amides is 4. The lowest BCUT2D eigenvalue weighted by atomic mass is 10.0. The normalized spacial score (nSPS) is 11.6. The van der Waals surface area contributed by atoms with Gasteiger partial charge < -0.3 is 24.8 Å². The summed E-state index contributed by atoms with van der Waals surface area (Å²) in [5, 5.41) is 10.8. The van der Waals surface area contributed by atoms with Crippen LogP contribution in [0.2, 0.25) is 0 Å². The molecule has 54 heavy (non-hydrogen) atoms. The summed E-state index contributed by atoms with van der Waals surface area (Å²) in [6.45, 7) is 16.7.